The average molecular weight is 309 g/mol. The highest BCUT2D eigenvalue weighted by Crippen LogP contribution is 2.42. The molecule has 0 saturated heterocycles. The van der Waals surface area contributed by atoms with Crippen LogP contribution in [0.2, 0.25) is 5.02 Å². The Morgan fingerprint density at radius 2 is 1.73 bits per heavy atom. The van der Waals surface area contributed by atoms with Crippen LogP contribution in [0, 0.1) is 0 Å². The average Bonchev–Trinajstić information content (AvgIpc) is 2.54. The van der Waals surface area contributed by atoms with Crippen LogP contribution in [-0.4, -0.2) is 5.97 Å². The molecule has 0 spiro atoms. The van der Waals surface area contributed by atoms with Crippen molar-refractivity contribution < 1.29 is 9.53 Å². The highest BCUT2D eigenvalue weighted by molar-refractivity contribution is 6.30. The lowest BCUT2D eigenvalue weighted by Crippen LogP contribution is -2.21. The Hall–Kier alpha value is -2.32. The van der Waals surface area contributed by atoms with Crippen LogP contribution in [0.1, 0.15) is 23.5 Å². The molecule has 0 bridgehead atoms. The fourth-order valence-electron chi connectivity index (χ4n) is 3.14. The second-order valence-corrected chi connectivity index (χ2v) is 5.92. The minimum absolute atomic E-state index is 0.000355. The Labute approximate surface area is 133 Å². The lowest BCUT2D eigenvalue weighted by atomic mass is 9.83. The van der Waals surface area contributed by atoms with Crippen LogP contribution >= 0.6 is 11.6 Å². The zero-order chi connectivity index (χ0) is 15.1. The molecule has 3 aromatic rings. The molecular formula is C19H13ClO2. The van der Waals surface area contributed by atoms with Gasteiger partial charge in [0, 0.05) is 16.5 Å². The smallest absolute Gasteiger partial charge is 0.312 e. The van der Waals surface area contributed by atoms with Gasteiger partial charge in [0.2, 0.25) is 0 Å². The van der Waals surface area contributed by atoms with E-state index >= 15 is 0 Å². The van der Waals surface area contributed by atoms with Gasteiger partial charge in [0.1, 0.15) is 5.75 Å². The van der Waals surface area contributed by atoms with Crippen molar-refractivity contribution in [3.8, 4) is 5.75 Å². The molecule has 1 aliphatic rings. The number of hydrogen-bond donors (Lipinski definition) is 0. The SMILES string of the molecule is O=C1CC(c2ccc(Cl)cc2)c2c(ccc3ccccc23)O1. The van der Waals surface area contributed by atoms with Crippen LogP contribution in [0.25, 0.3) is 10.8 Å². The first-order valence-corrected chi connectivity index (χ1v) is 7.58. The van der Waals surface area contributed by atoms with E-state index < -0.39 is 0 Å². The largest absolute Gasteiger partial charge is 0.426 e. The second kappa shape index (κ2) is 5.15. The third-order valence-corrected chi connectivity index (χ3v) is 4.40. The molecule has 3 heteroatoms. The van der Waals surface area contributed by atoms with Gasteiger partial charge in [0.25, 0.3) is 0 Å². The summed E-state index contributed by atoms with van der Waals surface area (Å²) in [7, 11) is 0. The standard InChI is InChI=1S/C19H13ClO2/c20-14-8-5-13(6-9-14)16-11-18(21)22-17-10-7-12-3-1-2-4-15(12)19(16)17/h1-10,16H,11H2. The zero-order valence-corrected chi connectivity index (χ0v) is 12.5. The van der Waals surface area contributed by atoms with Gasteiger partial charge in [-0.2, -0.15) is 0 Å². The first-order valence-electron chi connectivity index (χ1n) is 7.20. The van der Waals surface area contributed by atoms with Crippen molar-refractivity contribution in [1.29, 1.82) is 0 Å². The number of esters is 1. The summed E-state index contributed by atoms with van der Waals surface area (Å²) in [5.74, 6) is 0.470. The molecule has 0 aromatic heterocycles. The predicted molar refractivity (Wildman–Crippen MR) is 87.5 cm³/mol. The van der Waals surface area contributed by atoms with Crippen molar-refractivity contribution in [3.63, 3.8) is 0 Å². The fraction of sp³-hybridized carbons (Fsp3) is 0.105. The Balaban J connectivity index is 1.97. The van der Waals surface area contributed by atoms with E-state index in [0.717, 1.165) is 21.9 Å². The van der Waals surface area contributed by atoms with Gasteiger partial charge in [-0.1, -0.05) is 54.1 Å². The summed E-state index contributed by atoms with van der Waals surface area (Å²) in [5, 5.41) is 2.98. The molecule has 0 aliphatic carbocycles. The molecule has 1 unspecified atom stereocenters. The van der Waals surface area contributed by atoms with Gasteiger partial charge in [0.05, 0.1) is 6.42 Å². The fourth-order valence-corrected chi connectivity index (χ4v) is 3.26. The Morgan fingerprint density at radius 3 is 2.55 bits per heavy atom. The summed E-state index contributed by atoms with van der Waals surface area (Å²) in [6, 6.07) is 19.8. The first kappa shape index (κ1) is 13.4. The van der Waals surface area contributed by atoms with E-state index in [1.54, 1.807) is 0 Å². The number of hydrogen-bond acceptors (Lipinski definition) is 2. The van der Waals surface area contributed by atoms with Gasteiger partial charge in [-0.15, -0.1) is 0 Å². The molecular weight excluding hydrogens is 296 g/mol. The van der Waals surface area contributed by atoms with Crippen molar-refractivity contribution in [2.45, 2.75) is 12.3 Å². The van der Waals surface area contributed by atoms with Crippen LogP contribution < -0.4 is 4.74 Å². The summed E-state index contributed by atoms with van der Waals surface area (Å²) in [4.78, 5) is 12.0. The molecule has 0 amide bonds. The van der Waals surface area contributed by atoms with E-state index in [9.17, 15) is 4.79 Å². The van der Waals surface area contributed by atoms with Gasteiger partial charge < -0.3 is 4.74 Å². The number of carbonyl (C=O) groups is 1. The van der Waals surface area contributed by atoms with Gasteiger partial charge in [-0.3, -0.25) is 4.79 Å². The maximum Gasteiger partial charge on any atom is 0.312 e. The molecule has 1 atom stereocenters. The van der Waals surface area contributed by atoms with E-state index in [1.165, 1.54) is 0 Å². The van der Waals surface area contributed by atoms with Crippen LogP contribution in [0.5, 0.6) is 5.75 Å². The van der Waals surface area contributed by atoms with E-state index in [2.05, 4.69) is 12.1 Å². The highest BCUT2D eigenvalue weighted by atomic mass is 35.5. The molecule has 3 aromatic carbocycles. The van der Waals surface area contributed by atoms with Gasteiger partial charge in [-0.05, 0) is 34.5 Å². The summed E-state index contributed by atoms with van der Waals surface area (Å²) in [6.45, 7) is 0. The van der Waals surface area contributed by atoms with Crippen molar-refractivity contribution in [2.24, 2.45) is 0 Å². The van der Waals surface area contributed by atoms with Gasteiger partial charge in [-0.25, -0.2) is 0 Å². The normalized spacial score (nSPS) is 17.1. The Bertz CT molecular complexity index is 868. The Morgan fingerprint density at radius 1 is 0.955 bits per heavy atom. The van der Waals surface area contributed by atoms with E-state index in [-0.39, 0.29) is 11.9 Å². The van der Waals surface area contributed by atoms with Crippen molar-refractivity contribution >= 4 is 28.3 Å². The summed E-state index contributed by atoms with van der Waals surface area (Å²) < 4.78 is 5.45. The lowest BCUT2D eigenvalue weighted by molar-refractivity contribution is -0.135. The molecule has 2 nitrogen and oxygen atoms in total. The first-order chi connectivity index (χ1) is 10.7. The number of fused-ring (bicyclic) bond motifs is 3. The molecule has 0 radical (unpaired) electrons. The van der Waals surface area contributed by atoms with Gasteiger partial charge in [0.15, 0.2) is 0 Å². The Kier molecular flexibility index (Phi) is 3.12. The predicted octanol–water partition coefficient (Wildman–Crippen LogP) is 4.93. The summed E-state index contributed by atoms with van der Waals surface area (Å²) in [6.07, 6.45) is 0.350. The molecule has 4 rings (SSSR count). The highest BCUT2D eigenvalue weighted by Gasteiger charge is 2.29. The van der Waals surface area contributed by atoms with Crippen LogP contribution in [0.3, 0.4) is 0 Å². The van der Waals surface area contributed by atoms with Crippen molar-refractivity contribution in [2.75, 3.05) is 0 Å². The molecule has 108 valence electrons. The molecule has 0 fully saturated rings. The molecule has 22 heavy (non-hydrogen) atoms. The molecule has 1 heterocycles. The minimum atomic E-state index is -0.192. The van der Waals surface area contributed by atoms with Crippen molar-refractivity contribution in [1.82, 2.24) is 0 Å². The third kappa shape index (κ3) is 2.16. The van der Waals surface area contributed by atoms with Crippen LogP contribution in [0.15, 0.2) is 60.7 Å². The minimum Gasteiger partial charge on any atom is -0.426 e. The topological polar surface area (TPSA) is 26.3 Å². The summed E-state index contributed by atoms with van der Waals surface area (Å²) >= 11 is 5.98. The number of rotatable bonds is 1. The molecule has 0 saturated carbocycles. The van der Waals surface area contributed by atoms with Crippen LogP contribution in [0.4, 0.5) is 0 Å². The zero-order valence-electron chi connectivity index (χ0n) is 11.8. The van der Waals surface area contributed by atoms with Crippen LogP contribution in [-0.2, 0) is 4.79 Å². The number of benzene rings is 3. The number of carbonyl (C=O) groups excluding carboxylic acids is 1. The number of ether oxygens (including phenoxy) is 1. The third-order valence-electron chi connectivity index (χ3n) is 4.15. The second-order valence-electron chi connectivity index (χ2n) is 5.48. The van der Waals surface area contributed by atoms with E-state index in [0.29, 0.717) is 17.2 Å². The maximum atomic E-state index is 12.0. The summed E-state index contributed by atoms with van der Waals surface area (Å²) in [5.41, 5.74) is 2.17. The van der Waals surface area contributed by atoms with Crippen molar-refractivity contribution in [3.05, 3.63) is 76.8 Å². The molecule has 0 N–H and O–H groups in total. The lowest BCUT2D eigenvalue weighted by Gasteiger charge is -2.26. The molecule has 1 aliphatic heterocycles. The van der Waals surface area contributed by atoms with E-state index in [1.807, 2.05) is 48.5 Å². The van der Waals surface area contributed by atoms with Gasteiger partial charge >= 0.3 is 5.97 Å². The quantitative estimate of drug-likeness (QED) is 0.470. The maximum absolute atomic E-state index is 12.0. The van der Waals surface area contributed by atoms with E-state index in [4.69, 9.17) is 16.3 Å². The monoisotopic (exact) mass is 308 g/mol. The number of halogens is 1.